The maximum absolute atomic E-state index is 12.2. The van der Waals surface area contributed by atoms with Crippen LogP contribution in [0.25, 0.3) is 0 Å². The Bertz CT molecular complexity index is 458. The number of hydrogen-bond donors (Lipinski definition) is 1. The van der Waals surface area contributed by atoms with Crippen molar-refractivity contribution >= 4 is 11.6 Å². The molecule has 1 N–H and O–H groups in total. The molecule has 1 aliphatic heterocycles. The van der Waals surface area contributed by atoms with Crippen LogP contribution in [0, 0.1) is 0 Å². The Morgan fingerprint density at radius 1 is 1.33 bits per heavy atom. The van der Waals surface area contributed by atoms with Gasteiger partial charge in [0, 0.05) is 18.3 Å². The highest BCUT2D eigenvalue weighted by Crippen LogP contribution is 2.26. The number of aryl methyl sites for hydroxylation is 1. The first-order chi connectivity index (χ1) is 10.2. The zero-order valence-electron chi connectivity index (χ0n) is 13.4. The molecule has 1 atom stereocenters. The van der Waals surface area contributed by atoms with Gasteiger partial charge in [0.2, 0.25) is 5.91 Å². The van der Waals surface area contributed by atoms with Crippen molar-refractivity contribution in [3.63, 3.8) is 0 Å². The smallest absolute Gasteiger partial charge is 0.239 e. The molecule has 0 saturated heterocycles. The average Bonchev–Trinajstić information content (AvgIpc) is 2.48. The van der Waals surface area contributed by atoms with Gasteiger partial charge in [-0.25, -0.2) is 0 Å². The van der Waals surface area contributed by atoms with Gasteiger partial charge in [-0.05, 0) is 37.8 Å². The van der Waals surface area contributed by atoms with Crippen LogP contribution < -0.4 is 10.2 Å². The lowest BCUT2D eigenvalue weighted by molar-refractivity contribution is -0.120. The molecule has 1 unspecified atom stereocenters. The van der Waals surface area contributed by atoms with Gasteiger partial charge in [0.1, 0.15) is 0 Å². The largest absolute Gasteiger partial charge is 0.362 e. The number of amides is 1. The molecule has 0 radical (unpaired) electrons. The van der Waals surface area contributed by atoms with Crippen LogP contribution in [0.2, 0.25) is 0 Å². The van der Waals surface area contributed by atoms with Crippen LogP contribution in [0.5, 0.6) is 0 Å². The zero-order chi connectivity index (χ0) is 15.1. The molecule has 0 aromatic heterocycles. The van der Waals surface area contributed by atoms with Crippen molar-refractivity contribution < 1.29 is 4.79 Å². The Balaban J connectivity index is 1.83. The van der Waals surface area contributed by atoms with Crippen LogP contribution in [0.1, 0.15) is 51.5 Å². The molecule has 0 bridgehead atoms. The Morgan fingerprint density at radius 3 is 2.95 bits per heavy atom. The number of nitrogens with zero attached hydrogens (tertiary/aromatic N) is 1. The third-order valence-corrected chi connectivity index (χ3v) is 4.19. The number of hydrogen-bond acceptors (Lipinski definition) is 2. The predicted octanol–water partition coefficient (Wildman–Crippen LogP) is 3.52. The molecule has 116 valence electrons. The monoisotopic (exact) mass is 288 g/mol. The highest BCUT2D eigenvalue weighted by molar-refractivity contribution is 5.82. The summed E-state index contributed by atoms with van der Waals surface area (Å²) in [4.78, 5) is 14.4. The lowest BCUT2D eigenvalue weighted by atomic mass is 10.0. The summed E-state index contributed by atoms with van der Waals surface area (Å²) in [6.07, 6.45) is 7.02. The number of carbonyl (C=O) groups excluding carboxylic acids is 1. The van der Waals surface area contributed by atoms with E-state index in [0.29, 0.717) is 6.54 Å². The van der Waals surface area contributed by atoms with Gasteiger partial charge in [0.15, 0.2) is 0 Å². The lowest BCUT2D eigenvalue weighted by Crippen LogP contribution is -2.42. The van der Waals surface area contributed by atoms with Gasteiger partial charge in [-0.1, -0.05) is 44.4 Å². The molecule has 2 rings (SSSR count). The average molecular weight is 288 g/mol. The summed E-state index contributed by atoms with van der Waals surface area (Å²) in [5.41, 5.74) is 2.60. The maximum atomic E-state index is 12.2. The van der Waals surface area contributed by atoms with Crippen LogP contribution in [0.15, 0.2) is 24.3 Å². The molecule has 1 amide bonds. The summed E-state index contributed by atoms with van der Waals surface area (Å²) in [5, 5.41) is 3.14. The van der Waals surface area contributed by atoms with Gasteiger partial charge in [-0.2, -0.15) is 0 Å². The summed E-state index contributed by atoms with van der Waals surface area (Å²) in [6.45, 7) is 5.78. The fourth-order valence-corrected chi connectivity index (χ4v) is 3.04. The third-order valence-electron chi connectivity index (χ3n) is 4.19. The summed E-state index contributed by atoms with van der Waals surface area (Å²) in [5.74, 6) is 0.149. The molecular weight excluding hydrogens is 260 g/mol. The molecule has 0 saturated carbocycles. The van der Waals surface area contributed by atoms with Crippen LogP contribution in [0.4, 0.5) is 5.69 Å². The molecule has 3 heteroatoms. The van der Waals surface area contributed by atoms with Gasteiger partial charge in [-0.15, -0.1) is 0 Å². The van der Waals surface area contributed by atoms with Gasteiger partial charge >= 0.3 is 0 Å². The van der Waals surface area contributed by atoms with E-state index >= 15 is 0 Å². The Morgan fingerprint density at radius 2 is 2.14 bits per heavy atom. The van der Waals surface area contributed by atoms with Crippen molar-refractivity contribution in [2.75, 3.05) is 18.0 Å². The molecule has 0 spiro atoms. The fraction of sp³-hybridized carbons (Fsp3) is 0.611. The first kappa shape index (κ1) is 15.9. The van der Waals surface area contributed by atoms with Gasteiger partial charge in [0.05, 0.1) is 6.54 Å². The summed E-state index contributed by atoms with van der Waals surface area (Å²) in [6, 6.07) is 8.73. The molecule has 1 aromatic carbocycles. The second-order valence-electron chi connectivity index (χ2n) is 6.12. The maximum Gasteiger partial charge on any atom is 0.239 e. The second kappa shape index (κ2) is 8.06. The van der Waals surface area contributed by atoms with Crippen molar-refractivity contribution in [1.29, 1.82) is 0 Å². The molecular formula is C18H28N2O. The lowest BCUT2D eigenvalue weighted by Gasteiger charge is -2.31. The number of rotatable bonds is 7. The standard InChI is InChI=1S/C18H28N2O/c1-3-4-5-9-15(2)19-18(21)14-20-13-8-11-16-10-6-7-12-17(16)20/h6-7,10,12,15H,3-5,8-9,11,13-14H2,1-2H3,(H,19,21). The van der Waals surface area contributed by atoms with Crippen molar-refractivity contribution in [1.82, 2.24) is 5.32 Å². The summed E-state index contributed by atoms with van der Waals surface area (Å²) >= 11 is 0. The van der Waals surface area contributed by atoms with E-state index in [4.69, 9.17) is 0 Å². The van der Waals surface area contributed by atoms with Crippen LogP contribution in [0.3, 0.4) is 0 Å². The van der Waals surface area contributed by atoms with E-state index in [2.05, 4.69) is 48.3 Å². The summed E-state index contributed by atoms with van der Waals surface area (Å²) < 4.78 is 0. The molecule has 1 aromatic rings. The molecule has 1 heterocycles. The van der Waals surface area contributed by atoms with Crippen molar-refractivity contribution in [3.05, 3.63) is 29.8 Å². The zero-order valence-corrected chi connectivity index (χ0v) is 13.4. The number of benzene rings is 1. The van der Waals surface area contributed by atoms with E-state index in [-0.39, 0.29) is 11.9 Å². The number of fused-ring (bicyclic) bond motifs is 1. The third kappa shape index (κ3) is 4.76. The van der Waals surface area contributed by atoms with Crippen molar-refractivity contribution in [2.45, 2.75) is 58.4 Å². The molecule has 3 nitrogen and oxygen atoms in total. The van der Waals surface area contributed by atoms with Gasteiger partial charge in [0.25, 0.3) is 0 Å². The minimum atomic E-state index is 0.149. The SMILES string of the molecule is CCCCCC(C)NC(=O)CN1CCCc2ccccc21. The van der Waals surface area contributed by atoms with Crippen molar-refractivity contribution in [2.24, 2.45) is 0 Å². The first-order valence-electron chi connectivity index (χ1n) is 8.33. The highest BCUT2D eigenvalue weighted by atomic mass is 16.2. The minimum absolute atomic E-state index is 0.149. The molecule has 1 aliphatic rings. The van der Waals surface area contributed by atoms with E-state index in [1.54, 1.807) is 0 Å². The quantitative estimate of drug-likeness (QED) is 0.779. The fourth-order valence-electron chi connectivity index (χ4n) is 3.04. The topological polar surface area (TPSA) is 32.3 Å². The molecule has 0 fully saturated rings. The van der Waals surface area contributed by atoms with E-state index in [0.717, 1.165) is 25.8 Å². The highest BCUT2D eigenvalue weighted by Gasteiger charge is 2.19. The minimum Gasteiger partial charge on any atom is -0.362 e. The van der Waals surface area contributed by atoms with Crippen molar-refractivity contribution in [3.8, 4) is 0 Å². The molecule has 0 aliphatic carbocycles. The van der Waals surface area contributed by atoms with Crippen LogP contribution >= 0.6 is 0 Å². The first-order valence-corrected chi connectivity index (χ1v) is 8.33. The number of carbonyl (C=O) groups is 1. The normalized spacial score (nSPS) is 15.4. The number of nitrogens with one attached hydrogen (secondary N) is 1. The van der Waals surface area contributed by atoms with Crippen LogP contribution in [-0.2, 0) is 11.2 Å². The van der Waals surface area contributed by atoms with E-state index in [1.165, 1.54) is 30.5 Å². The Kier molecular flexibility index (Phi) is 6.09. The number of anilines is 1. The molecule has 21 heavy (non-hydrogen) atoms. The Labute approximate surface area is 128 Å². The van der Waals surface area contributed by atoms with E-state index < -0.39 is 0 Å². The van der Waals surface area contributed by atoms with E-state index in [9.17, 15) is 4.79 Å². The second-order valence-corrected chi connectivity index (χ2v) is 6.12. The van der Waals surface area contributed by atoms with Crippen LogP contribution in [-0.4, -0.2) is 25.0 Å². The summed E-state index contributed by atoms with van der Waals surface area (Å²) in [7, 11) is 0. The number of para-hydroxylation sites is 1. The number of unbranched alkanes of at least 4 members (excludes halogenated alkanes) is 2. The van der Waals surface area contributed by atoms with E-state index in [1.807, 2.05) is 0 Å². The van der Waals surface area contributed by atoms with Gasteiger partial charge in [-0.3, -0.25) is 4.79 Å². The Hall–Kier alpha value is -1.51. The predicted molar refractivity (Wildman–Crippen MR) is 88.7 cm³/mol. The van der Waals surface area contributed by atoms with Gasteiger partial charge < -0.3 is 10.2 Å².